The number of nitrogens with zero attached hydrogens (tertiary/aromatic N) is 1. The van der Waals surface area contributed by atoms with E-state index in [-0.39, 0.29) is 0 Å². The number of hydrogen-bond donors (Lipinski definition) is 0. The van der Waals surface area contributed by atoms with Gasteiger partial charge >= 0.3 is 0 Å². The lowest BCUT2D eigenvalue weighted by Crippen LogP contribution is -2.34. The second-order valence-electron chi connectivity index (χ2n) is 4.76. The lowest BCUT2D eigenvalue weighted by atomic mass is 10.0. The van der Waals surface area contributed by atoms with E-state index >= 15 is 0 Å². The molecule has 5 heteroatoms. The minimum Gasteiger partial charge on any atom is -0.207 e. The van der Waals surface area contributed by atoms with Gasteiger partial charge in [0.2, 0.25) is 10.0 Å². The van der Waals surface area contributed by atoms with Gasteiger partial charge in [-0.2, -0.15) is 15.6 Å². The van der Waals surface area contributed by atoms with E-state index in [1.807, 2.05) is 35.0 Å². The maximum atomic E-state index is 12.3. The molecule has 0 saturated heterocycles. The van der Waals surface area contributed by atoms with Crippen LogP contribution in [0.1, 0.15) is 16.7 Å². The Hall–Kier alpha value is -1.43. The molecule has 2 heterocycles. The largest absolute Gasteiger partial charge is 0.236 e. The summed E-state index contributed by atoms with van der Waals surface area (Å²) >= 11 is 1.56. The molecular formula is C15H15NO2S2. The van der Waals surface area contributed by atoms with Crippen LogP contribution in [-0.4, -0.2) is 19.3 Å². The molecule has 3 nitrogen and oxygen atoms in total. The van der Waals surface area contributed by atoms with Crippen LogP contribution in [0.25, 0.3) is 6.08 Å². The summed E-state index contributed by atoms with van der Waals surface area (Å²) in [5.41, 5.74) is 3.28. The number of thiophene rings is 1. The molecule has 3 rings (SSSR count). The first-order valence-corrected chi connectivity index (χ1v) is 8.87. The molecule has 104 valence electrons. The monoisotopic (exact) mass is 305 g/mol. The van der Waals surface area contributed by atoms with Crippen LogP contribution in [0.15, 0.2) is 46.5 Å². The second-order valence-corrected chi connectivity index (χ2v) is 7.36. The van der Waals surface area contributed by atoms with Gasteiger partial charge in [0.1, 0.15) is 0 Å². The molecule has 1 aromatic carbocycles. The van der Waals surface area contributed by atoms with Gasteiger partial charge in [0, 0.05) is 18.5 Å². The molecule has 1 aromatic heterocycles. The first kappa shape index (κ1) is 13.5. The van der Waals surface area contributed by atoms with Crippen molar-refractivity contribution >= 4 is 27.4 Å². The number of sulfonamides is 1. The number of hydrogen-bond acceptors (Lipinski definition) is 3. The first-order chi connectivity index (χ1) is 9.65. The van der Waals surface area contributed by atoms with Gasteiger partial charge < -0.3 is 0 Å². The van der Waals surface area contributed by atoms with Crippen LogP contribution in [0.4, 0.5) is 0 Å². The Labute approximate surface area is 123 Å². The van der Waals surface area contributed by atoms with Crippen LogP contribution in [0.5, 0.6) is 0 Å². The maximum absolute atomic E-state index is 12.3. The Balaban J connectivity index is 1.80. The van der Waals surface area contributed by atoms with Crippen molar-refractivity contribution < 1.29 is 8.42 Å². The normalized spacial score (nSPS) is 16.4. The van der Waals surface area contributed by atoms with Crippen molar-refractivity contribution in [2.45, 2.75) is 13.0 Å². The van der Waals surface area contributed by atoms with Gasteiger partial charge in [0.25, 0.3) is 0 Å². The number of fused-ring (bicyclic) bond motifs is 1. The molecule has 0 amide bonds. The molecule has 0 fully saturated rings. The lowest BCUT2D eigenvalue weighted by Gasteiger charge is -2.26. The van der Waals surface area contributed by atoms with Crippen LogP contribution in [0.2, 0.25) is 0 Å². The highest BCUT2D eigenvalue weighted by Gasteiger charge is 2.24. The Kier molecular flexibility index (Phi) is 3.74. The van der Waals surface area contributed by atoms with Crippen molar-refractivity contribution in [2.24, 2.45) is 0 Å². The average Bonchev–Trinajstić information content (AvgIpc) is 2.98. The van der Waals surface area contributed by atoms with Gasteiger partial charge in [-0.25, -0.2) is 8.42 Å². The molecule has 2 aromatic rings. The molecule has 20 heavy (non-hydrogen) atoms. The molecule has 0 saturated carbocycles. The highest BCUT2D eigenvalue weighted by atomic mass is 32.2. The van der Waals surface area contributed by atoms with Crippen molar-refractivity contribution in [1.82, 2.24) is 4.31 Å². The van der Waals surface area contributed by atoms with Crippen molar-refractivity contribution in [1.29, 1.82) is 0 Å². The fraction of sp³-hybridized carbons (Fsp3) is 0.200. The van der Waals surface area contributed by atoms with E-state index in [1.165, 1.54) is 15.3 Å². The standard InChI is InChI=1S/C15H15NO2S2/c17-20(18,10-7-13-6-9-19-12-13)16-8-5-14-3-1-2-4-15(14)11-16/h1-4,6-7,9-10,12H,5,8,11H2. The van der Waals surface area contributed by atoms with Crippen LogP contribution in [0, 0.1) is 0 Å². The van der Waals surface area contributed by atoms with E-state index in [2.05, 4.69) is 6.07 Å². The Morgan fingerprint density at radius 3 is 2.70 bits per heavy atom. The smallest absolute Gasteiger partial charge is 0.207 e. The van der Waals surface area contributed by atoms with Crippen molar-refractivity contribution in [2.75, 3.05) is 6.54 Å². The third-order valence-corrected chi connectivity index (χ3v) is 5.64. The van der Waals surface area contributed by atoms with E-state index in [4.69, 9.17) is 0 Å². The van der Waals surface area contributed by atoms with Crippen LogP contribution < -0.4 is 0 Å². The zero-order valence-electron chi connectivity index (χ0n) is 10.9. The highest BCUT2D eigenvalue weighted by molar-refractivity contribution is 7.92. The minimum atomic E-state index is -3.34. The Bertz CT molecular complexity index is 718. The zero-order chi connectivity index (χ0) is 14.0. The van der Waals surface area contributed by atoms with Gasteiger partial charge in [-0.05, 0) is 46.0 Å². The van der Waals surface area contributed by atoms with Gasteiger partial charge in [0.15, 0.2) is 0 Å². The fourth-order valence-electron chi connectivity index (χ4n) is 2.31. The molecule has 0 radical (unpaired) electrons. The number of benzene rings is 1. The third-order valence-electron chi connectivity index (χ3n) is 3.43. The van der Waals surface area contributed by atoms with Crippen molar-refractivity contribution in [3.05, 3.63) is 63.2 Å². The summed E-state index contributed by atoms with van der Waals surface area (Å²) in [6, 6.07) is 9.93. The molecule has 0 aliphatic carbocycles. The van der Waals surface area contributed by atoms with Gasteiger partial charge in [-0.15, -0.1) is 0 Å². The van der Waals surface area contributed by atoms with Crippen molar-refractivity contribution in [3.63, 3.8) is 0 Å². The van der Waals surface area contributed by atoms with Crippen LogP contribution in [-0.2, 0) is 23.0 Å². The molecular weight excluding hydrogens is 290 g/mol. The quantitative estimate of drug-likeness (QED) is 0.874. The van der Waals surface area contributed by atoms with Crippen LogP contribution >= 0.6 is 11.3 Å². The molecule has 0 bridgehead atoms. The predicted molar refractivity (Wildman–Crippen MR) is 82.8 cm³/mol. The highest BCUT2D eigenvalue weighted by Crippen LogP contribution is 2.22. The van der Waals surface area contributed by atoms with E-state index in [0.29, 0.717) is 13.1 Å². The maximum Gasteiger partial charge on any atom is 0.236 e. The first-order valence-electron chi connectivity index (χ1n) is 6.42. The topological polar surface area (TPSA) is 37.4 Å². The summed E-state index contributed by atoms with van der Waals surface area (Å²) in [4.78, 5) is 0. The Morgan fingerprint density at radius 2 is 1.95 bits per heavy atom. The van der Waals surface area contributed by atoms with E-state index in [9.17, 15) is 8.42 Å². The van der Waals surface area contributed by atoms with E-state index in [0.717, 1.165) is 17.5 Å². The third kappa shape index (κ3) is 2.85. The molecule has 0 atom stereocenters. The molecule has 1 aliphatic rings. The van der Waals surface area contributed by atoms with Gasteiger partial charge in [-0.3, -0.25) is 0 Å². The van der Waals surface area contributed by atoms with E-state index < -0.39 is 10.0 Å². The summed E-state index contributed by atoms with van der Waals surface area (Å²) in [5, 5.41) is 5.17. The lowest BCUT2D eigenvalue weighted by molar-refractivity contribution is 0.397. The number of rotatable bonds is 3. The SMILES string of the molecule is O=S(=O)(C=Cc1ccsc1)N1CCc2ccccc2C1. The summed E-state index contributed by atoms with van der Waals surface area (Å²) in [6.45, 7) is 1.01. The summed E-state index contributed by atoms with van der Waals surface area (Å²) in [6.07, 6.45) is 2.44. The predicted octanol–water partition coefficient (Wildman–Crippen LogP) is 3.11. The van der Waals surface area contributed by atoms with Gasteiger partial charge in [0.05, 0.1) is 0 Å². The fourth-order valence-corrected chi connectivity index (χ4v) is 4.10. The molecule has 0 spiro atoms. The minimum absolute atomic E-state index is 0.465. The molecule has 0 unspecified atom stereocenters. The van der Waals surface area contributed by atoms with E-state index in [1.54, 1.807) is 17.4 Å². The second kappa shape index (κ2) is 5.52. The van der Waals surface area contributed by atoms with Crippen molar-refractivity contribution in [3.8, 4) is 0 Å². The van der Waals surface area contributed by atoms with Gasteiger partial charge in [-0.1, -0.05) is 24.3 Å². The summed E-state index contributed by atoms with van der Waals surface area (Å²) in [7, 11) is -3.34. The van der Waals surface area contributed by atoms with Crippen LogP contribution in [0.3, 0.4) is 0 Å². The summed E-state index contributed by atoms with van der Waals surface area (Å²) < 4.78 is 26.2. The zero-order valence-corrected chi connectivity index (χ0v) is 12.5. The Morgan fingerprint density at radius 1 is 1.15 bits per heavy atom. The molecule has 0 N–H and O–H groups in total. The summed E-state index contributed by atoms with van der Waals surface area (Å²) in [5.74, 6) is 0. The molecule has 1 aliphatic heterocycles. The average molecular weight is 305 g/mol.